The fourth-order valence-electron chi connectivity index (χ4n) is 1.75. The lowest BCUT2D eigenvalue weighted by Gasteiger charge is -2.23. The zero-order valence-electron chi connectivity index (χ0n) is 7.73. The van der Waals surface area contributed by atoms with E-state index >= 15 is 0 Å². The summed E-state index contributed by atoms with van der Waals surface area (Å²) in [4.78, 5) is 15.3. The van der Waals surface area contributed by atoms with Gasteiger partial charge in [0.1, 0.15) is 0 Å². The molecule has 1 aromatic rings. The number of carbonyl (C=O) groups excluding carboxylic acids is 1. The second-order valence-corrected chi connectivity index (χ2v) is 3.61. The van der Waals surface area contributed by atoms with Gasteiger partial charge < -0.3 is 10.4 Å². The predicted molar refractivity (Wildman–Crippen MR) is 50.6 cm³/mol. The molecular weight excluding hydrogens is 180 g/mol. The molecular formula is C10H12N2O2. The Morgan fingerprint density at radius 3 is 2.93 bits per heavy atom. The number of nitrogens with zero attached hydrogens (tertiary/aromatic N) is 1. The van der Waals surface area contributed by atoms with Gasteiger partial charge in [0, 0.05) is 19.2 Å². The molecule has 2 rings (SSSR count). The van der Waals surface area contributed by atoms with Crippen LogP contribution in [0.15, 0.2) is 24.4 Å². The molecule has 1 aliphatic rings. The van der Waals surface area contributed by atoms with Crippen LogP contribution in [0.1, 0.15) is 12.1 Å². The normalized spacial score (nSPS) is 26.2. The number of hydrogen-bond acceptors (Lipinski definition) is 3. The van der Waals surface area contributed by atoms with E-state index in [1.807, 2.05) is 18.2 Å². The highest BCUT2D eigenvalue weighted by Gasteiger charge is 2.40. The molecule has 1 saturated heterocycles. The monoisotopic (exact) mass is 192 g/mol. The summed E-state index contributed by atoms with van der Waals surface area (Å²) in [7, 11) is 0. The topological polar surface area (TPSA) is 62.2 Å². The summed E-state index contributed by atoms with van der Waals surface area (Å²) in [6, 6.07) is 5.53. The van der Waals surface area contributed by atoms with Gasteiger partial charge in [0.25, 0.3) is 0 Å². The van der Waals surface area contributed by atoms with E-state index in [4.69, 9.17) is 0 Å². The van der Waals surface area contributed by atoms with Gasteiger partial charge in [-0.15, -0.1) is 0 Å². The molecule has 1 aromatic heterocycles. The molecule has 74 valence electrons. The van der Waals surface area contributed by atoms with Crippen LogP contribution in [0, 0.1) is 0 Å². The van der Waals surface area contributed by atoms with Gasteiger partial charge in [-0.2, -0.15) is 0 Å². The first-order valence-electron chi connectivity index (χ1n) is 4.56. The van der Waals surface area contributed by atoms with E-state index in [0.29, 0.717) is 13.0 Å². The van der Waals surface area contributed by atoms with Crippen LogP contribution in [-0.2, 0) is 10.2 Å². The maximum absolute atomic E-state index is 11.1. The molecule has 0 aromatic carbocycles. The third-order valence-corrected chi connectivity index (χ3v) is 2.63. The Hall–Kier alpha value is -1.42. The second kappa shape index (κ2) is 3.38. The first kappa shape index (κ1) is 9.15. The number of aliphatic hydroxyl groups excluding tert-OH is 1. The molecule has 0 radical (unpaired) electrons. The quantitative estimate of drug-likeness (QED) is 0.684. The van der Waals surface area contributed by atoms with Crippen molar-refractivity contribution >= 4 is 5.91 Å². The van der Waals surface area contributed by atoms with Crippen LogP contribution in [0.3, 0.4) is 0 Å². The molecule has 0 aliphatic carbocycles. The Labute approximate surface area is 82.0 Å². The van der Waals surface area contributed by atoms with Crippen LogP contribution in [-0.4, -0.2) is 29.1 Å². The van der Waals surface area contributed by atoms with Gasteiger partial charge >= 0.3 is 0 Å². The maximum Gasteiger partial charge on any atom is 0.221 e. The highest BCUT2D eigenvalue weighted by atomic mass is 16.3. The van der Waals surface area contributed by atoms with E-state index in [-0.39, 0.29) is 12.5 Å². The molecule has 14 heavy (non-hydrogen) atoms. The lowest BCUT2D eigenvalue weighted by molar-refractivity contribution is -0.119. The SMILES string of the molecule is O=C1C[C@](CO)(c2ccccn2)CN1. The second-order valence-electron chi connectivity index (χ2n) is 3.61. The third-order valence-electron chi connectivity index (χ3n) is 2.63. The Morgan fingerprint density at radius 1 is 1.57 bits per heavy atom. The Balaban J connectivity index is 2.34. The van der Waals surface area contributed by atoms with Crippen LogP contribution < -0.4 is 5.32 Å². The molecule has 0 spiro atoms. The molecule has 0 bridgehead atoms. The zero-order chi connectivity index (χ0) is 10.0. The molecule has 2 heterocycles. The van der Waals surface area contributed by atoms with E-state index < -0.39 is 5.41 Å². The van der Waals surface area contributed by atoms with Crippen molar-refractivity contribution in [3.8, 4) is 0 Å². The number of aromatic nitrogens is 1. The smallest absolute Gasteiger partial charge is 0.221 e. The number of hydrogen-bond donors (Lipinski definition) is 2. The summed E-state index contributed by atoms with van der Waals surface area (Å²) in [6.07, 6.45) is 2.00. The highest BCUT2D eigenvalue weighted by Crippen LogP contribution is 2.28. The number of nitrogens with one attached hydrogen (secondary N) is 1. The first-order valence-corrected chi connectivity index (χ1v) is 4.56. The number of amides is 1. The summed E-state index contributed by atoms with van der Waals surface area (Å²) in [5, 5.41) is 12.1. The van der Waals surface area contributed by atoms with Crippen molar-refractivity contribution in [3.63, 3.8) is 0 Å². The van der Waals surface area contributed by atoms with Crippen molar-refractivity contribution in [2.75, 3.05) is 13.2 Å². The van der Waals surface area contributed by atoms with E-state index in [9.17, 15) is 9.90 Å². The molecule has 0 saturated carbocycles. The summed E-state index contributed by atoms with van der Waals surface area (Å²) in [5.74, 6) is -0.0234. The Kier molecular flexibility index (Phi) is 2.21. The van der Waals surface area contributed by atoms with Gasteiger partial charge in [-0.25, -0.2) is 0 Å². The number of aliphatic hydroxyl groups is 1. The standard InChI is InChI=1S/C10H12N2O2/c13-7-10(5-9(14)12-6-10)8-3-1-2-4-11-8/h1-4,13H,5-7H2,(H,12,14)/t10-/m0/s1. The molecule has 2 N–H and O–H groups in total. The minimum atomic E-state index is -0.516. The van der Waals surface area contributed by atoms with Crippen molar-refractivity contribution in [3.05, 3.63) is 30.1 Å². The van der Waals surface area contributed by atoms with Crippen molar-refractivity contribution < 1.29 is 9.90 Å². The van der Waals surface area contributed by atoms with Gasteiger partial charge in [-0.3, -0.25) is 9.78 Å². The Morgan fingerprint density at radius 2 is 2.43 bits per heavy atom. The maximum atomic E-state index is 11.1. The summed E-state index contributed by atoms with van der Waals surface area (Å²) >= 11 is 0. The van der Waals surface area contributed by atoms with Crippen LogP contribution >= 0.6 is 0 Å². The molecule has 1 aliphatic heterocycles. The van der Waals surface area contributed by atoms with Gasteiger partial charge in [-0.05, 0) is 12.1 Å². The van der Waals surface area contributed by atoms with Crippen molar-refractivity contribution in [1.82, 2.24) is 10.3 Å². The van der Waals surface area contributed by atoms with Gasteiger partial charge in [0.2, 0.25) is 5.91 Å². The van der Waals surface area contributed by atoms with Crippen molar-refractivity contribution in [1.29, 1.82) is 0 Å². The molecule has 4 nitrogen and oxygen atoms in total. The number of carbonyl (C=O) groups is 1. The first-order chi connectivity index (χ1) is 6.77. The van der Waals surface area contributed by atoms with Crippen molar-refractivity contribution in [2.24, 2.45) is 0 Å². The zero-order valence-corrected chi connectivity index (χ0v) is 7.73. The average molecular weight is 192 g/mol. The van der Waals surface area contributed by atoms with E-state index in [1.54, 1.807) is 6.20 Å². The minimum absolute atomic E-state index is 0.0234. The fourth-order valence-corrected chi connectivity index (χ4v) is 1.75. The van der Waals surface area contributed by atoms with Crippen molar-refractivity contribution in [2.45, 2.75) is 11.8 Å². The van der Waals surface area contributed by atoms with Gasteiger partial charge in [0.05, 0.1) is 17.7 Å². The minimum Gasteiger partial charge on any atom is -0.395 e. The molecule has 1 fully saturated rings. The van der Waals surface area contributed by atoms with Gasteiger partial charge in [-0.1, -0.05) is 6.07 Å². The van der Waals surface area contributed by atoms with Crippen LogP contribution in [0.4, 0.5) is 0 Å². The Bertz CT molecular complexity index is 339. The fraction of sp³-hybridized carbons (Fsp3) is 0.400. The largest absolute Gasteiger partial charge is 0.395 e. The average Bonchev–Trinajstić information content (AvgIpc) is 2.63. The van der Waals surface area contributed by atoms with Crippen LogP contribution in [0.2, 0.25) is 0 Å². The lowest BCUT2D eigenvalue weighted by Crippen LogP contribution is -2.33. The van der Waals surface area contributed by atoms with E-state index in [2.05, 4.69) is 10.3 Å². The molecule has 4 heteroatoms. The molecule has 0 unspecified atom stereocenters. The van der Waals surface area contributed by atoms with E-state index in [0.717, 1.165) is 5.69 Å². The highest BCUT2D eigenvalue weighted by molar-refractivity contribution is 5.80. The summed E-state index contributed by atoms with van der Waals surface area (Å²) < 4.78 is 0. The summed E-state index contributed by atoms with van der Waals surface area (Å²) in [5.41, 5.74) is 0.263. The van der Waals surface area contributed by atoms with Gasteiger partial charge in [0.15, 0.2) is 0 Å². The number of pyridine rings is 1. The summed E-state index contributed by atoms with van der Waals surface area (Å²) in [6.45, 7) is 0.419. The van der Waals surface area contributed by atoms with E-state index in [1.165, 1.54) is 0 Å². The van der Waals surface area contributed by atoms with Crippen LogP contribution in [0.5, 0.6) is 0 Å². The third kappa shape index (κ3) is 1.37. The predicted octanol–water partition coefficient (Wildman–Crippen LogP) is -0.168. The number of rotatable bonds is 2. The lowest BCUT2D eigenvalue weighted by atomic mass is 9.84. The molecule has 1 atom stereocenters. The molecule has 1 amide bonds. The van der Waals surface area contributed by atoms with Crippen LogP contribution in [0.25, 0.3) is 0 Å².